The SMILES string of the molecule is Cc1ccc(N(c2ccc(Cc3cccnc3)cc2)c2cc(-c3ccccc3)cc(-c3ccccc3)c2)cc1. The number of aryl methyl sites for hydroxylation is 1. The van der Waals surface area contributed by atoms with Gasteiger partial charge in [-0.2, -0.15) is 0 Å². The van der Waals surface area contributed by atoms with Crippen LogP contribution in [0.5, 0.6) is 0 Å². The minimum Gasteiger partial charge on any atom is -0.310 e. The van der Waals surface area contributed by atoms with Gasteiger partial charge in [0.15, 0.2) is 0 Å². The molecule has 1 aromatic heterocycles. The monoisotopic (exact) mass is 502 g/mol. The summed E-state index contributed by atoms with van der Waals surface area (Å²) >= 11 is 0. The van der Waals surface area contributed by atoms with Crippen molar-refractivity contribution in [2.75, 3.05) is 4.90 Å². The van der Waals surface area contributed by atoms with Crippen molar-refractivity contribution in [2.45, 2.75) is 13.3 Å². The van der Waals surface area contributed by atoms with E-state index in [2.05, 4.69) is 150 Å². The molecule has 6 aromatic rings. The normalized spacial score (nSPS) is 10.8. The first kappa shape index (κ1) is 24.4. The molecule has 5 aromatic carbocycles. The molecule has 0 N–H and O–H groups in total. The van der Waals surface area contributed by atoms with Gasteiger partial charge in [0.25, 0.3) is 0 Å². The summed E-state index contributed by atoms with van der Waals surface area (Å²) in [6, 6.07) is 49.9. The van der Waals surface area contributed by atoms with Crippen LogP contribution in [0.25, 0.3) is 22.3 Å². The number of pyridine rings is 1. The second kappa shape index (κ2) is 11.2. The number of hydrogen-bond donors (Lipinski definition) is 0. The molecular weight excluding hydrogens is 472 g/mol. The van der Waals surface area contributed by atoms with Gasteiger partial charge >= 0.3 is 0 Å². The Morgan fingerprint density at radius 1 is 0.487 bits per heavy atom. The predicted molar refractivity (Wildman–Crippen MR) is 164 cm³/mol. The summed E-state index contributed by atoms with van der Waals surface area (Å²) in [5, 5.41) is 0. The van der Waals surface area contributed by atoms with Crippen molar-refractivity contribution in [2.24, 2.45) is 0 Å². The lowest BCUT2D eigenvalue weighted by Gasteiger charge is -2.27. The van der Waals surface area contributed by atoms with Gasteiger partial charge in [-0.25, -0.2) is 0 Å². The first-order valence-electron chi connectivity index (χ1n) is 13.3. The van der Waals surface area contributed by atoms with Crippen LogP contribution in [0.1, 0.15) is 16.7 Å². The van der Waals surface area contributed by atoms with Crippen LogP contribution in [0.15, 0.2) is 152 Å². The van der Waals surface area contributed by atoms with E-state index in [-0.39, 0.29) is 0 Å². The molecule has 0 aliphatic rings. The van der Waals surface area contributed by atoms with E-state index in [1.165, 1.54) is 38.9 Å². The molecule has 0 amide bonds. The summed E-state index contributed by atoms with van der Waals surface area (Å²) in [5.74, 6) is 0. The fourth-order valence-corrected chi connectivity index (χ4v) is 4.98. The fraction of sp³-hybridized carbons (Fsp3) is 0.0541. The molecular formula is C37H30N2. The number of rotatable bonds is 7. The molecule has 0 unspecified atom stereocenters. The van der Waals surface area contributed by atoms with Crippen LogP contribution in [-0.4, -0.2) is 4.98 Å². The minimum atomic E-state index is 0.861. The zero-order valence-electron chi connectivity index (χ0n) is 22.0. The third-order valence-corrected chi connectivity index (χ3v) is 7.01. The Kier molecular flexibility index (Phi) is 7.01. The summed E-state index contributed by atoms with van der Waals surface area (Å²) in [7, 11) is 0. The van der Waals surface area contributed by atoms with Crippen LogP contribution < -0.4 is 4.90 Å². The van der Waals surface area contributed by atoms with Crippen LogP contribution in [0.3, 0.4) is 0 Å². The van der Waals surface area contributed by atoms with E-state index in [1.807, 2.05) is 18.5 Å². The number of nitrogens with zero attached hydrogens (tertiary/aromatic N) is 2. The summed E-state index contributed by atoms with van der Waals surface area (Å²) in [5.41, 5.74) is 11.9. The molecule has 0 bridgehead atoms. The third kappa shape index (κ3) is 5.66. The van der Waals surface area contributed by atoms with Gasteiger partial charge in [-0.1, -0.05) is 96.6 Å². The number of benzene rings is 5. The van der Waals surface area contributed by atoms with Gasteiger partial charge in [-0.05, 0) is 95.3 Å². The van der Waals surface area contributed by atoms with Crippen molar-refractivity contribution < 1.29 is 0 Å². The summed E-state index contributed by atoms with van der Waals surface area (Å²) in [4.78, 5) is 6.62. The Bertz CT molecular complexity index is 1580. The van der Waals surface area contributed by atoms with Crippen molar-refractivity contribution in [1.82, 2.24) is 4.98 Å². The molecule has 0 spiro atoms. The third-order valence-electron chi connectivity index (χ3n) is 7.01. The van der Waals surface area contributed by atoms with Gasteiger partial charge in [-0.3, -0.25) is 4.98 Å². The van der Waals surface area contributed by atoms with Crippen LogP contribution in [0.2, 0.25) is 0 Å². The maximum absolute atomic E-state index is 4.27. The molecule has 6 rings (SSSR count). The van der Waals surface area contributed by atoms with Crippen LogP contribution in [0.4, 0.5) is 17.1 Å². The van der Waals surface area contributed by atoms with Gasteiger partial charge in [0.2, 0.25) is 0 Å². The van der Waals surface area contributed by atoms with E-state index in [9.17, 15) is 0 Å². The highest BCUT2D eigenvalue weighted by atomic mass is 15.1. The number of aromatic nitrogens is 1. The summed E-state index contributed by atoms with van der Waals surface area (Å²) < 4.78 is 0. The highest BCUT2D eigenvalue weighted by Gasteiger charge is 2.16. The smallest absolute Gasteiger partial charge is 0.0473 e. The maximum atomic E-state index is 4.27. The van der Waals surface area contributed by atoms with Crippen LogP contribution in [0, 0.1) is 6.92 Å². The molecule has 188 valence electrons. The van der Waals surface area contributed by atoms with E-state index >= 15 is 0 Å². The molecule has 0 radical (unpaired) electrons. The van der Waals surface area contributed by atoms with E-state index in [0.717, 1.165) is 23.5 Å². The Hall–Kier alpha value is -4.95. The lowest BCUT2D eigenvalue weighted by molar-refractivity contribution is 1.14. The standard InChI is InChI=1S/C37H30N2/c1-28-14-18-35(19-15-28)39(36-20-16-29(17-21-36)23-30-9-8-22-38-27-30)37-25-33(31-10-4-2-5-11-31)24-34(26-37)32-12-6-3-7-13-32/h2-22,24-27H,23H2,1H3. The molecule has 39 heavy (non-hydrogen) atoms. The summed E-state index contributed by atoms with van der Waals surface area (Å²) in [6.07, 6.45) is 4.62. The van der Waals surface area contributed by atoms with Crippen LogP contribution >= 0.6 is 0 Å². The van der Waals surface area contributed by atoms with Crippen molar-refractivity contribution >= 4 is 17.1 Å². The van der Waals surface area contributed by atoms with E-state index < -0.39 is 0 Å². The quantitative estimate of drug-likeness (QED) is 0.216. The zero-order chi connectivity index (χ0) is 26.4. The lowest BCUT2D eigenvalue weighted by Crippen LogP contribution is -2.10. The van der Waals surface area contributed by atoms with Crippen molar-refractivity contribution in [3.63, 3.8) is 0 Å². The topological polar surface area (TPSA) is 16.1 Å². The first-order valence-corrected chi connectivity index (χ1v) is 13.3. The van der Waals surface area contributed by atoms with Crippen molar-refractivity contribution in [3.8, 4) is 22.3 Å². The number of hydrogen-bond acceptors (Lipinski definition) is 2. The van der Waals surface area contributed by atoms with E-state index in [0.29, 0.717) is 0 Å². The lowest BCUT2D eigenvalue weighted by atomic mass is 9.97. The maximum Gasteiger partial charge on any atom is 0.0473 e. The molecule has 0 saturated carbocycles. The van der Waals surface area contributed by atoms with E-state index in [1.54, 1.807) is 0 Å². The minimum absolute atomic E-state index is 0.861. The summed E-state index contributed by atoms with van der Waals surface area (Å²) in [6.45, 7) is 2.13. The average Bonchev–Trinajstić information content (AvgIpc) is 3.00. The van der Waals surface area contributed by atoms with Gasteiger partial charge in [0.1, 0.15) is 0 Å². The Morgan fingerprint density at radius 2 is 1.05 bits per heavy atom. The second-order valence-electron chi connectivity index (χ2n) is 9.88. The predicted octanol–water partition coefficient (Wildman–Crippen LogP) is 9.78. The molecule has 1 heterocycles. The van der Waals surface area contributed by atoms with Crippen molar-refractivity contribution in [1.29, 1.82) is 0 Å². The Morgan fingerprint density at radius 3 is 1.59 bits per heavy atom. The fourth-order valence-electron chi connectivity index (χ4n) is 4.98. The van der Waals surface area contributed by atoms with E-state index in [4.69, 9.17) is 0 Å². The highest BCUT2D eigenvalue weighted by Crippen LogP contribution is 2.39. The Labute approximate surface area is 230 Å². The average molecular weight is 503 g/mol. The molecule has 0 aliphatic carbocycles. The molecule has 0 fully saturated rings. The second-order valence-corrected chi connectivity index (χ2v) is 9.88. The van der Waals surface area contributed by atoms with Gasteiger partial charge in [-0.15, -0.1) is 0 Å². The first-order chi connectivity index (χ1) is 19.2. The van der Waals surface area contributed by atoms with Gasteiger partial charge in [0, 0.05) is 29.5 Å². The van der Waals surface area contributed by atoms with Gasteiger partial charge < -0.3 is 4.90 Å². The molecule has 0 atom stereocenters. The molecule has 0 aliphatic heterocycles. The Balaban J connectivity index is 1.48. The largest absolute Gasteiger partial charge is 0.310 e. The zero-order valence-corrected chi connectivity index (χ0v) is 22.0. The molecule has 2 nitrogen and oxygen atoms in total. The van der Waals surface area contributed by atoms with Gasteiger partial charge in [0.05, 0.1) is 0 Å². The van der Waals surface area contributed by atoms with Crippen LogP contribution in [-0.2, 0) is 6.42 Å². The number of anilines is 3. The molecule has 2 heteroatoms. The molecule has 0 saturated heterocycles. The highest BCUT2D eigenvalue weighted by molar-refractivity contribution is 5.85. The van der Waals surface area contributed by atoms with Crippen molar-refractivity contribution in [3.05, 3.63) is 169 Å².